The van der Waals surface area contributed by atoms with Gasteiger partial charge in [0, 0.05) is 17.9 Å². The van der Waals surface area contributed by atoms with Gasteiger partial charge in [-0.2, -0.15) is 0 Å². The molecule has 0 unspecified atom stereocenters. The molecule has 2 nitrogen and oxygen atoms in total. The van der Waals surface area contributed by atoms with Crippen molar-refractivity contribution in [2.45, 2.75) is 77.7 Å². The molecule has 2 heteroatoms. The molecule has 1 aliphatic heterocycles. The van der Waals surface area contributed by atoms with E-state index in [4.69, 9.17) is 0 Å². The first-order valence-corrected chi connectivity index (χ1v) is 8.24. The number of ketones is 1. The third kappa shape index (κ3) is 4.30. The van der Waals surface area contributed by atoms with Gasteiger partial charge in [-0.15, -0.1) is 0 Å². The van der Waals surface area contributed by atoms with Crippen LogP contribution >= 0.6 is 0 Å². The van der Waals surface area contributed by atoms with E-state index in [0.717, 1.165) is 6.42 Å². The first-order chi connectivity index (χ1) is 8.97. The van der Waals surface area contributed by atoms with E-state index in [-0.39, 0.29) is 0 Å². The quantitative estimate of drug-likeness (QED) is 0.767. The zero-order valence-corrected chi connectivity index (χ0v) is 13.1. The van der Waals surface area contributed by atoms with E-state index in [2.05, 4.69) is 25.7 Å². The fourth-order valence-corrected chi connectivity index (χ4v) is 3.68. The van der Waals surface area contributed by atoms with Gasteiger partial charge in [-0.3, -0.25) is 9.69 Å². The Morgan fingerprint density at radius 3 is 2.11 bits per heavy atom. The van der Waals surface area contributed by atoms with Gasteiger partial charge in [0.05, 0.1) is 0 Å². The SMILES string of the molecule is CC(C)(C)N1CCC(CC(=O)C2CCCCC2)CC1. The summed E-state index contributed by atoms with van der Waals surface area (Å²) in [6.07, 6.45) is 9.53. The van der Waals surface area contributed by atoms with E-state index in [0.29, 0.717) is 23.2 Å². The van der Waals surface area contributed by atoms with E-state index in [1.807, 2.05) is 0 Å². The Morgan fingerprint density at radius 1 is 1.00 bits per heavy atom. The molecule has 0 atom stereocenters. The van der Waals surface area contributed by atoms with Crippen LogP contribution in [0.4, 0.5) is 0 Å². The molecule has 19 heavy (non-hydrogen) atoms. The largest absolute Gasteiger partial charge is 0.299 e. The highest BCUT2D eigenvalue weighted by Crippen LogP contribution is 2.30. The summed E-state index contributed by atoms with van der Waals surface area (Å²) in [6.45, 7) is 9.22. The summed E-state index contributed by atoms with van der Waals surface area (Å²) in [7, 11) is 0. The molecule has 0 radical (unpaired) electrons. The number of hydrogen-bond acceptors (Lipinski definition) is 2. The molecular formula is C17H31NO. The van der Waals surface area contributed by atoms with Crippen LogP contribution in [-0.2, 0) is 4.79 Å². The Bertz CT molecular complexity index is 291. The second-order valence-electron chi connectivity index (χ2n) is 7.61. The maximum atomic E-state index is 12.3. The summed E-state index contributed by atoms with van der Waals surface area (Å²) in [5, 5.41) is 0. The van der Waals surface area contributed by atoms with Crippen LogP contribution in [0.2, 0.25) is 0 Å². The lowest BCUT2D eigenvalue weighted by molar-refractivity contribution is -0.125. The van der Waals surface area contributed by atoms with Gasteiger partial charge in [0.2, 0.25) is 0 Å². The van der Waals surface area contributed by atoms with E-state index in [1.165, 1.54) is 58.0 Å². The molecular weight excluding hydrogens is 234 g/mol. The normalized spacial score (nSPS) is 24.6. The zero-order chi connectivity index (χ0) is 13.9. The average Bonchev–Trinajstić information content (AvgIpc) is 2.39. The van der Waals surface area contributed by atoms with Gasteiger partial charge in [-0.25, -0.2) is 0 Å². The van der Waals surface area contributed by atoms with Crippen molar-refractivity contribution >= 4 is 5.78 Å². The molecule has 0 amide bonds. The monoisotopic (exact) mass is 265 g/mol. The highest BCUT2D eigenvalue weighted by molar-refractivity contribution is 5.81. The minimum atomic E-state index is 0.290. The van der Waals surface area contributed by atoms with Crippen LogP contribution in [0.5, 0.6) is 0 Å². The summed E-state index contributed by atoms with van der Waals surface area (Å²) in [6, 6.07) is 0. The lowest BCUT2D eigenvalue weighted by Gasteiger charge is -2.41. The first-order valence-electron chi connectivity index (χ1n) is 8.24. The van der Waals surface area contributed by atoms with Gasteiger partial charge in [0.1, 0.15) is 5.78 Å². The van der Waals surface area contributed by atoms with E-state index >= 15 is 0 Å². The number of Topliss-reactive ketones (excluding diaryl/α,β-unsaturated/α-hetero) is 1. The molecule has 2 rings (SSSR count). The van der Waals surface area contributed by atoms with Crippen molar-refractivity contribution in [1.29, 1.82) is 0 Å². The number of likely N-dealkylation sites (tertiary alicyclic amines) is 1. The second-order valence-corrected chi connectivity index (χ2v) is 7.61. The topological polar surface area (TPSA) is 20.3 Å². The van der Waals surface area contributed by atoms with Gasteiger partial charge in [-0.1, -0.05) is 19.3 Å². The van der Waals surface area contributed by atoms with Crippen molar-refractivity contribution in [3.63, 3.8) is 0 Å². The van der Waals surface area contributed by atoms with Crippen molar-refractivity contribution in [2.24, 2.45) is 11.8 Å². The smallest absolute Gasteiger partial charge is 0.136 e. The third-order valence-electron chi connectivity index (χ3n) is 5.11. The van der Waals surface area contributed by atoms with Crippen molar-refractivity contribution < 1.29 is 4.79 Å². The molecule has 0 aromatic carbocycles. The molecule has 0 aromatic rings. The predicted octanol–water partition coefficient (Wildman–Crippen LogP) is 4.04. The number of carbonyl (C=O) groups is 1. The van der Waals surface area contributed by atoms with E-state index in [1.54, 1.807) is 0 Å². The maximum absolute atomic E-state index is 12.3. The molecule has 0 N–H and O–H groups in total. The molecule has 0 aromatic heterocycles. The fourth-order valence-electron chi connectivity index (χ4n) is 3.68. The molecule has 1 heterocycles. The summed E-state index contributed by atoms with van der Waals surface area (Å²) in [5.74, 6) is 1.65. The second kappa shape index (κ2) is 6.39. The van der Waals surface area contributed by atoms with Crippen LogP contribution in [0.25, 0.3) is 0 Å². The van der Waals surface area contributed by atoms with Gasteiger partial charge < -0.3 is 0 Å². The zero-order valence-electron chi connectivity index (χ0n) is 13.1. The minimum Gasteiger partial charge on any atom is -0.299 e. The number of piperidine rings is 1. The van der Waals surface area contributed by atoms with E-state index < -0.39 is 0 Å². The van der Waals surface area contributed by atoms with Crippen molar-refractivity contribution in [2.75, 3.05) is 13.1 Å². The lowest BCUT2D eigenvalue weighted by atomic mass is 9.81. The molecule has 0 spiro atoms. The molecule has 1 saturated carbocycles. The third-order valence-corrected chi connectivity index (χ3v) is 5.11. The predicted molar refractivity (Wildman–Crippen MR) is 80.2 cm³/mol. The molecule has 1 aliphatic carbocycles. The summed E-state index contributed by atoms with van der Waals surface area (Å²) in [5.41, 5.74) is 0.290. The van der Waals surface area contributed by atoms with Crippen LogP contribution in [0, 0.1) is 11.8 Å². The Morgan fingerprint density at radius 2 is 1.58 bits per heavy atom. The van der Waals surface area contributed by atoms with Gasteiger partial charge in [0.25, 0.3) is 0 Å². The molecule has 2 fully saturated rings. The molecule has 1 saturated heterocycles. The number of rotatable bonds is 3. The van der Waals surface area contributed by atoms with Crippen LogP contribution in [0.15, 0.2) is 0 Å². The van der Waals surface area contributed by atoms with Crippen molar-refractivity contribution in [3.8, 4) is 0 Å². The molecule has 2 aliphatic rings. The Labute approximate surface area is 118 Å². The molecule has 110 valence electrons. The maximum Gasteiger partial charge on any atom is 0.136 e. The van der Waals surface area contributed by atoms with Crippen LogP contribution in [-0.4, -0.2) is 29.3 Å². The van der Waals surface area contributed by atoms with Crippen LogP contribution < -0.4 is 0 Å². The fraction of sp³-hybridized carbons (Fsp3) is 0.941. The van der Waals surface area contributed by atoms with Gasteiger partial charge in [0.15, 0.2) is 0 Å². The summed E-state index contributed by atoms with van der Waals surface area (Å²) in [4.78, 5) is 14.9. The van der Waals surface area contributed by atoms with Crippen LogP contribution in [0.1, 0.15) is 72.1 Å². The Hall–Kier alpha value is -0.370. The number of nitrogens with zero attached hydrogens (tertiary/aromatic N) is 1. The average molecular weight is 265 g/mol. The van der Waals surface area contributed by atoms with Gasteiger partial charge >= 0.3 is 0 Å². The number of carbonyl (C=O) groups excluding carboxylic acids is 1. The number of hydrogen-bond donors (Lipinski definition) is 0. The van der Waals surface area contributed by atoms with E-state index in [9.17, 15) is 4.79 Å². The summed E-state index contributed by atoms with van der Waals surface area (Å²) >= 11 is 0. The highest BCUT2D eigenvalue weighted by Gasteiger charge is 2.29. The minimum absolute atomic E-state index is 0.290. The van der Waals surface area contributed by atoms with Crippen molar-refractivity contribution in [1.82, 2.24) is 4.90 Å². The van der Waals surface area contributed by atoms with Crippen molar-refractivity contribution in [3.05, 3.63) is 0 Å². The standard InChI is InChI=1S/C17H31NO/c1-17(2,3)18-11-9-14(10-12-18)13-16(19)15-7-5-4-6-8-15/h14-15H,4-13H2,1-3H3. The Balaban J connectivity index is 1.74. The summed E-state index contributed by atoms with van der Waals surface area (Å²) < 4.78 is 0. The van der Waals surface area contributed by atoms with Gasteiger partial charge in [-0.05, 0) is 65.5 Å². The Kier molecular flexibility index (Phi) is 5.05. The lowest BCUT2D eigenvalue weighted by Crippen LogP contribution is -2.46. The first kappa shape index (κ1) is 15.0. The highest BCUT2D eigenvalue weighted by atomic mass is 16.1. The molecule has 0 bridgehead atoms. The van der Waals surface area contributed by atoms with Crippen LogP contribution in [0.3, 0.4) is 0 Å².